The number of amides is 4. The van der Waals surface area contributed by atoms with Crippen molar-refractivity contribution in [2.45, 2.75) is 114 Å². The van der Waals surface area contributed by atoms with Crippen LogP contribution < -0.4 is 4.74 Å². The average molecular weight is 1570 g/mol. The number of methoxy groups -OCH3 is 1. The summed E-state index contributed by atoms with van der Waals surface area (Å²) in [6.07, 6.45) is 11.9. The van der Waals surface area contributed by atoms with E-state index in [9.17, 15) is 28.7 Å². The number of benzene rings is 7. The standard InChI is InChI=1S/C24H25Cl2N3O2.C23H24ClFN4O.C23H24N2O2.C17H23ClN2O2/c1-15-12-27-20-7-6-19(22(26)21(15)20)23(30)28-10-11-29-14-24(31,9-8-18(29)13-28)16-2-4-17(25)5-3-16;1-14-19-10-16(4-7-22(19)27-26-14)23(30)29-9-8-28-12-17(2-5-18(28)13-29)15-3-6-21(25)20(24)11-15;26-23(21-7-4-8-22-20(21)11-14-27-22)25-13-12-24-15-18(9-10-19(24)16-25)17-5-2-1-3-6-17;1-12-6-7-13-11-20(9-8-19(13)10-12)17(21)14-4-3-5-15(22-2)16(14)18/h2-7,12,18,27,31H,8-11,13-14H2,1H3;3-4,6-7,10-11,17-18H,2,5,8-9,12-13H2,1H3,(H,26,27);1-8,11,14,18-19H,9-10,12-13,15-16H2;3-5,12-13H,6-11H2,1-2H3/t18-,24+;17-,18+;18-,19+;12-,13+/m1000/s1. The number of aliphatic hydroxyl groups is 1. The van der Waals surface area contributed by atoms with E-state index >= 15 is 0 Å². The molecular formula is C87H96Cl4FN11O7. The number of nitrogens with zero attached hydrogens (tertiary/aromatic N) is 9. The fraction of sp³-hybridized carbons (Fsp3) is 0.414. The molecule has 0 aliphatic carbocycles. The molecule has 0 spiro atoms. The first-order chi connectivity index (χ1) is 53.2. The van der Waals surface area contributed by atoms with Gasteiger partial charge in [-0.15, -0.1) is 0 Å². The third kappa shape index (κ3) is 16.5. The van der Waals surface area contributed by atoms with E-state index in [1.807, 2.05) is 131 Å². The molecule has 3 N–H and O–H groups in total. The number of aryl methyl sites for hydroxylation is 2. The molecule has 3 aromatic heterocycles. The molecule has 0 radical (unpaired) electrons. The molecule has 576 valence electrons. The van der Waals surface area contributed by atoms with Crippen LogP contribution in [0.15, 0.2) is 162 Å². The number of hydrogen-bond donors (Lipinski definition) is 3. The number of hydrogen-bond acceptors (Lipinski definition) is 12. The van der Waals surface area contributed by atoms with Crippen LogP contribution in [-0.4, -0.2) is 219 Å². The summed E-state index contributed by atoms with van der Waals surface area (Å²) in [6.45, 7) is 19.5. The molecule has 8 aliphatic rings. The summed E-state index contributed by atoms with van der Waals surface area (Å²) in [5.74, 6) is 2.13. The second-order valence-electron chi connectivity index (χ2n) is 31.3. The minimum atomic E-state index is -0.882. The molecule has 8 aliphatic heterocycles. The van der Waals surface area contributed by atoms with Gasteiger partial charge in [-0.05, 0) is 190 Å². The van der Waals surface area contributed by atoms with Crippen molar-refractivity contribution in [2.75, 3.05) is 112 Å². The van der Waals surface area contributed by atoms with Gasteiger partial charge in [0.05, 0.1) is 50.6 Å². The monoisotopic (exact) mass is 1570 g/mol. The van der Waals surface area contributed by atoms with Crippen molar-refractivity contribution in [3.05, 3.63) is 234 Å². The Hall–Kier alpha value is -8.34. The zero-order valence-corrected chi connectivity index (χ0v) is 65.9. The van der Waals surface area contributed by atoms with Crippen molar-refractivity contribution in [3.8, 4) is 5.75 Å². The van der Waals surface area contributed by atoms with E-state index in [1.54, 1.807) is 31.6 Å². The zero-order chi connectivity index (χ0) is 76.5. The van der Waals surface area contributed by atoms with Crippen LogP contribution in [0.3, 0.4) is 0 Å². The predicted octanol–water partition coefficient (Wildman–Crippen LogP) is 16.0. The summed E-state index contributed by atoms with van der Waals surface area (Å²) >= 11 is 24.9. The first-order valence-corrected chi connectivity index (χ1v) is 40.4. The lowest BCUT2D eigenvalue weighted by Crippen LogP contribution is -2.60. The molecule has 8 fully saturated rings. The Morgan fingerprint density at radius 2 is 1.15 bits per heavy atom. The number of halogens is 5. The molecular weight excluding hydrogens is 1470 g/mol. The number of carbonyl (C=O) groups excluding carboxylic acids is 4. The molecule has 8 saturated heterocycles. The molecule has 0 saturated carbocycles. The van der Waals surface area contributed by atoms with E-state index in [0.29, 0.717) is 94.5 Å². The predicted molar refractivity (Wildman–Crippen MR) is 433 cm³/mol. The molecule has 10 aromatic rings. The van der Waals surface area contributed by atoms with E-state index in [1.165, 1.54) is 30.9 Å². The normalized spacial score (nSPS) is 23.8. The Morgan fingerprint density at radius 3 is 1.81 bits per heavy atom. The van der Waals surface area contributed by atoms with Gasteiger partial charge in [-0.2, -0.15) is 5.10 Å². The van der Waals surface area contributed by atoms with E-state index in [0.717, 1.165) is 176 Å². The minimum absolute atomic E-state index is 0.0159. The maximum atomic E-state index is 13.5. The summed E-state index contributed by atoms with van der Waals surface area (Å²) in [6, 6.07) is 47.4. The summed E-state index contributed by atoms with van der Waals surface area (Å²) in [5, 5.41) is 23.1. The number of ether oxygens (including phenoxy) is 1. The molecule has 0 unspecified atom stereocenters. The van der Waals surface area contributed by atoms with Gasteiger partial charge < -0.3 is 38.8 Å². The fourth-order valence-corrected chi connectivity index (χ4v) is 19.2. The number of furan rings is 1. The van der Waals surface area contributed by atoms with E-state index in [2.05, 4.69) is 72.0 Å². The third-order valence-corrected chi connectivity index (χ3v) is 25.8. The number of carbonyl (C=O) groups is 4. The quantitative estimate of drug-likeness (QED) is 0.131. The Morgan fingerprint density at radius 1 is 0.555 bits per heavy atom. The summed E-state index contributed by atoms with van der Waals surface area (Å²) < 4.78 is 24.2. The summed E-state index contributed by atoms with van der Waals surface area (Å²) in [7, 11) is 1.57. The van der Waals surface area contributed by atoms with Gasteiger partial charge in [0.25, 0.3) is 23.6 Å². The lowest BCUT2D eigenvalue weighted by atomic mass is 9.82. The summed E-state index contributed by atoms with van der Waals surface area (Å²) in [4.78, 5) is 73.3. The molecule has 18 rings (SSSR count). The van der Waals surface area contributed by atoms with Crippen molar-refractivity contribution in [2.24, 2.45) is 5.92 Å². The van der Waals surface area contributed by atoms with Crippen LogP contribution in [0.2, 0.25) is 20.1 Å². The first kappa shape index (κ1) is 77.0. The van der Waals surface area contributed by atoms with Gasteiger partial charge in [0.1, 0.15) is 22.8 Å². The lowest BCUT2D eigenvalue weighted by Gasteiger charge is -2.49. The minimum Gasteiger partial charge on any atom is -0.495 e. The molecule has 4 amide bonds. The van der Waals surface area contributed by atoms with Crippen LogP contribution in [0.1, 0.15) is 140 Å². The van der Waals surface area contributed by atoms with Gasteiger partial charge in [0.15, 0.2) is 0 Å². The molecule has 110 heavy (non-hydrogen) atoms. The largest absolute Gasteiger partial charge is 0.495 e. The highest BCUT2D eigenvalue weighted by Gasteiger charge is 2.44. The number of rotatable bonds is 8. The Balaban J connectivity index is 0.000000117. The first-order valence-electron chi connectivity index (χ1n) is 38.9. The van der Waals surface area contributed by atoms with E-state index < -0.39 is 5.60 Å². The third-order valence-electron chi connectivity index (χ3n) is 24.5. The molecule has 7 aromatic carbocycles. The van der Waals surface area contributed by atoms with Crippen LogP contribution >= 0.6 is 46.4 Å². The fourth-order valence-electron chi connectivity index (χ4n) is 18.2. The maximum absolute atomic E-state index is 13.5. The van der Waals surface area contributed by atoms with Crippen molar-refractivity contribution < 1.29 is 37.8 Å². The molecule has 11 heterocycles. The van der Waals surface area contributed by atoms with Crippen molar-refractivity contribution in [3.63, 3.8) is 0 Å². The number of piperazine rings is 4. The molecule has 18 nitrogen and oxygen atoms in total. The number of piperidine rings is 4. The van der Waals surface area contributed by atoms with E-state index in [-0.39, 0.29) is 40.5 Å². The Kier molecular flexibility index (Phi) is 23.5. The lowest BCUT2D eigenvalue weighted by molar-refractivity contribution is -0.0740. The summed E-state index contributed by atoms with van der Waals surface area (Å²) in [5.41, 5.74) is 9.75. The van der Waals surface area contributed by atoms with Crippen LogP contribution in [0.5, 0.6) is 5.75 Å². The van der Waals surface area contributed by atoms with Gasteiger partial charge in [0, 0.05) is 173 Å². The van der Waals surface area contributed by atoms with Gasteiger partial charge >= 0.3 is 0 Å². The maximum Gasteiger partial charge on any atom is 0.255 e. The second kappa shape index (κ2) is 33.5. The smallest absolute Gasteiger partial charge is 0.255 e. The topological polar surface area (TPSA) is 181 Å². The van der Waals surface area contributed by atoms with Crippen LogP contribution in [0.4, 0.5) is 4.39 Å². The number of nitrogens with one attached hydrogen (secondary N) is 2. The van der Waals surface area contributed by atoms with E-state index in [4.69, 9.17) is 55.6 Å². The van der Waals surface area contributed by atoms with Crippen molar-refractivity contribution in [1.82, 2.24) is 54.4 Å². The highest BCUT2D eigenvalue weighted by Crippen LogP contribution is 2.40. The molecule has 23 heteroatoms. The SMILES string of the molecule is COc1cccc(C(=O)N2CCN3C[C@@H](C)CC[C@@H]3C2)c1Cl.Cc1[nH]nc2ccc(C(=O)N3CCN4C[C@@H](c5ccc(F)c(Cl)c5)CC[C@@H]4C3)cc12.Cc1c[nH]c2ccc(C(=O)N3CCN4C[C@](O)(c5ccc(Cl)cc5)CC[C@@H]4C3)c(Cl)c12.O=C(c1cccc2occc12)N1CCN2C[C@@H](c3ccccc3)CC[C@@H]2C1. The van der Waals surface area contributed by atoms with Crippen molar-refractivity contribution in [1.29, 1.82) is 0 Å². The zero-order valence-electron chi connectivity index (χ0n) is 62.8. The van der Waals surface area contributed by atoms with Crippen LogP contribution in [0.25, 0.3) is 32.8 Å². The number of H-pyrrole nitrogens is 2. The molecule has 8 atom stereocenters. The highest BCUT2D eigenvalue weighted by molar-refractivity contribution is 6.39. The highest BCUT2D eigenvalue weighted by atomic mass is 35.5. The van der Waals surface area contributed by atoms with Gasteiger partial charge in [-0.3, -0.25) is 43.9 Å². The number of aromatic amines is 2. The van der Waals surface area contributed by atoms with Crippen LogP contribution in [0, 0.1) is 25.6 Å². The molecule has 0 bridgehead atoms. The average Bonchev–Trinajstić information content (AvgIpc) is 1.72. The van der Waals surface area contributed by atoms with Gasteiger partial charge in [0.2, 0.25) is 0 Å². The van der Waals surface area contributed by atoms with Gasteiger partial charge in [-0.25, -0.2) is 4.39 Å². The Labute approximate surface area is 662 Å². The number of fused-ring (bicyclic) bond motifs is 7. The van der Waals surface area contributed by atoms with Crippen LogP contribution in [-0.2, 0) is 5.60 Å². The number of aromatic nitrogens is 3. The second-order valence-corrected chi connectivity index (χ2v) is 32.9. The Bertz CT molecular complexity index is 4980. The van der Waals surface area contributed by atoms with Crippen molar-refractivity contribution >= 4 is 103 Å². The van der Waals surface area contributed by atoms with Gasteiger partial charge in [-0.1, -0.05) is 114 Å².